The van der Waals surface area contributed by atoms with Crippen molar-refractivity contribution in [2.75, 3.05) is 0 Å². The Bertz CT molecular complexity index is 203. The fraction of sp³-hybridized carbons (Fsp3) is 0.222. The maximum atomic E-state index is 12.1. The van der Waals surface area contributed by atoms with Gasteiger partial charge in [-0.2, -0.15) is 0 Å². The summed E-state index contributed by atoms with van der Waals surface area (Å²) in [5, 5.41) is 0. The lowest BCUT2D eigenvalue weighted by molar-refractivity contribution is 0.112. The summed E-state index contributed by atoms with van der Waals surface area (Å²) >= 11 is 0. The van der Waals surface area contributed by atoms with Crippen LogP contribution in [0.25, 0.3) is 0 Å². The molecule has 0 aliphatic carbocycles. The first kappa shape index (κ1) is 9.82. The van der Waals surface area contributed by atoms with E-state index in [9.17, 15) is 9.18 Å². The molecule has 1 rings (SSSR count). The molecule has 0 N–H and O–H groups in total. The van der Waals surface area contributed by atoms with Gasteiger partial charge in [-0.15, -0.1) is 0 Å². The van der Waals surface area contributed by atoms with Crippen molar-refractivity contribution >= 4 is 6.29 Å². The molecule has 0 spiro atoms. The van der Waals surface area contributed by atoms with E-state index in [-0.39, 0.29) is 5.82 Å². The molecule has 11 heavy (non-hydrogen) atoms. The van der Waals surface area contributed by atoms with Gasteiger partial charge in [0, 0.05) is 5.56 Å². The smallest absolute Gasteiger partial charge is 0.150 e. The second kappa shape index (κ2) is 5.59. The lowest BCUT2D eigenvalue weighted by atomic mass is 10.2. The summed E-state index contributed by atoms with van der Waals surface area (Å²) in [5.41, 5.74) is 0.497. The van der Waals surface area contributed by atoms with Crippen molar-refractivity contribution in [2.24, 2.45) is 0 Å². The van der Waals surface area contributed by atoms with Gasteiger partial charge in [-0.05, 0) is 24.3 Å². The van der Waals surface area contributed by atoms with Gasteiger partial charge >= 0.3 is 0 Å². The molecule has 0 amide bonds. The third-order valence-electron chi connectivity index (χ3n) is 1.01. The predicted octanol–water partition coefficient (Wildman–Crippen LogP) is 2.66. The van der Waals surface area contributed by atoms with Gasteiger partial charge in [-0.25, -0.2) is 4.39 Å². The molecular formula is C9H11FO. The highest BCUT2D eigenvalue weighted by atomic mass is 19.1. The van der Waals surface area contributed by atoms with Crippen LogP contribution < -0.4 is 0 Å². The highest BCUT2D eigenvalue weighted by Crippen LogP contribution is 1.98. The normalized spacial score (nSPS) is 7.91. The first-order valence-corrected chi connectivity index (χ1v) is 3.53. The Hall–Kier alpha value is -1.18. The molecule has 0 aliphatic rings. The Labute approximate surface area is 65.9 Å². The quantitative estimate of drug-likeness (QED) is 0.568. The highest BCUT2D eigenvalue weighted by Gasteiger charge is 1.87. The number of hydrogen-bond donors (Lipinski definition) is 0. The van der Waals surface area contributed by atoms with Crippen LogP contribution >= 0.6 is 0 Å². The molecule has 1 nitrogen and oxygen atoms in total. The number of hydrogen-bond acceptors (Lipinski definition) is 1. The fourth-order valence-electron chi connectivity index (χ4n) is 0.541. The van der Waals surface area contributed by atoms with E-state index in [2.05, 4.69) is 0 Å². The van der Waals surface area contributed by atoms with Crippen LogP contribution in [0.15, 0.2) is 24.3 Å². The summed E-state index contributed by atoms with van der Waals surface area (Å²) in [7, 11) is 0. The lowest BCUT2D eigenvalue weighted by Gasteiger charge is -1.86. The molecule has 0 heterocycles. The monoisotopic (exact) mass is 154 g/mol. The molecule has 0 unspecified atom stereocenters. The number of halogens is 1. The van der Waals surface area contributed by atoms with Gasteiger partial charge in [0.2, 0.25) is 0 Å². The van der Waals surface area contributed by atoms with Crippen molar-refractivity contribution < 1.29 is 9.18 Å². The first-order valence-electron chi connectivity index (χ1n) is 3.53. The zero-order chi connectivity index (χ0) is 8.69. The second-order valence-corrected chi connectivity index (χ2v) is 1.67. The van der Waals surface area contributed by atoms with Gasteiger partial charge in [0.1, 0.15) is 12.1 Å². The number of rotatable bonds is 1. The Morgan fingerprint density at radius 2 is 1.64 bits per heavy atom. The van der Waals surface area contributed by atoms with Crippen molar-refractivity contribution in [1.82, 2.24) is 0 Å². The van der Waals surface area contributed by atoms with Crippen LogP contribution in [0.5, 0.6) is 0 Å². The first-order chi connectivity index (χ1) is 5.33. The minimum atomic E-state index is -0.319. The number of aldehydes is 1. The summed E-state index contributed by atoms with van der Waals surface area (Å²) in [6, 6.07) is 5.37. The van der Waals surface area contributed by atoms with Crippen LogP contribution in [-0.2, 0) is 0 Å². The van der Waals surface area contributed by atoms with Gasteiger partial charge in [0.25, 0.3) is 0 Å². The minimum absolute atomic E-state index is 0.319. The van der Waals surface area contributed by atoms with Crippen LogP contribution in [0.2, 0.25) is 0 Å². The summed E-state index contributed by atoms with van der Waals surface area (Å²) < 4.78 is 12.1. The van der Waals surface area contributed by atoms with Crippen molar-refractivity contribution in [1.29, 1.82) is 0 Å². The van der Waals surface area contributed by atoms with Crippen LogP contribution in [-0.4, -0.2) is 6.29 Å². The van der Waals surface area contributed by atoms with E-state index < -0.39 is 0 Å². The van der Waals surface area contributed by atoms with E-state index in [1.807, 2.05) is 13.8 Å². The van der Waals surface area contributed by atoms with Crippen molar-refractivity contribution in [2.45, 2.75) is 13.8 Å². The fourth-order valence-corrected chi connectivity index (χ4v) is 0.541. The summed E-state index contributed by atoms with van der Waals surface area (Å²) in [6.07, 6.45) is 0.680. The topological polar surface area (TPSA) is 17.1 Å². The number of carbonyl (C=O) groups is 1. The van der Waals surface area contributed by atoms with E-state index in [0.29, 0.717) is 11.8 Å². The maximum Gasteiger partial charge on any atom is 0.150 e. The van der Waals surface area contributed by atoms with Crippen LogP contribution in [0, 0.1) is 5.82 Å². The maximum absolute atomic E-state index is 12.1. The average molecular weight is 154 g/mol. The predicted molar refractivity (Wildman–Crippen MR) is 43.1 cm³/mol. The average Bonchev–Trinajstić information content (AvgIpc) is 2.10. The molecule has 0 atom stereocenters. The standard InChI is InChI=1S/C7H5FO.C2H6/c8-7-3-1-6(5-9)2-4-7;1-2/h1-5H;1-2H3. The van der Waals surface area contributed by atoms with Crippen molar-refractivity contribution in [3.63, 3.8) is 0 Å². The highest BCUT2D eigenvalue weighted by molar-refractivity contribution is 5.74. The zero-order valence-corrected chi connectivity index (χ0v) is 6.67. The molecule has 0 aromatic heterocycles. The molecular weight excluding hydrogens is 143 g/mol. The summed E-state index contributed by atoms with van der Waals surface area (Å²) in [5.74, 6) is -0.319. The molecule has 0 aliphatic heterocycles. The van der Waals surface area contributed by atoms with E-state index >= 15 is 0 Å². The minimum Gasteiger partial charge on any atom is -0.298 e. The van der Waals surface area contributed by atoms with E-state index in [1.165, 1.54) is 24.3 Å². The Balaban J connectivity index is 0.000000461. The Kier molecular flexibility index (Phi) is 4.99. The zero-order valence-electron chi connectivity index (χ0n) is 6.67. The van der Waals surface area contributed by atoms with Crippen LogP contribution in [0.3, 0.4) is 0 Å². The van der Waals surface area contributed by atoms with E-state index in [0.717, 1.165) is 0 Å². The van der Waals surface area contributed by atoms with Crippen LogP contribution in [0.4, 0.5) is 4.39 Å². The summed E-state index contributed by atoms with van der Waals surface area (Å²) in [4.78, 5) is 10.00. The van der Waals surface area contributed by atoms with E-state index in [1.54, 1.807) is 0 Å². The Morgan fingerprint density at radius 1 is 1.18 bits per heavy atom. The molecule has 0 radical (unpaired) electrons. The van der Waals surface area contributed by atoms with Crippen molar-refractivity contribution in [3.05, 3.63) is 35.6 Å². The lowest BCUT2D eigenvalue weighted by Crippen LogP contribution is -1.77. The van der Waals surface area contributed by atoms with Gasteiger partial charge < -0.3 is 0 Å². The molecule has 0 saturated heterocycles. The molecule has 2 heteroatoms. The third kappa shape index (κ3) is 3.50. The van der Waals surface area contributed by atoms with E-state index in [4.69, 9.17) is 0 Å². The number of benzene rings is 1. The third-order valence-corrected chi connectivity index (χ3v) is 1.01. The molecule has 1 aromatic rings. The molecule has 60 valence electrons. The molecule has 0 fully saturated rings. The molecule has 0 saturated carbocycles. The van der Waals surface area contributed by atoms with Gasteiger partial charge in [0.15, 0.2) is 0 Å². The van der Waals surface area contributed by atoms with Crippen molar-refractivity contribution in [3.8, 4) is 0 Å². The number of carbonyl (C=O) groups excluding carboxylic acids is 1. The van der Waals surface area contributed by atoms with Gasteiger partial charge in [-0.3, -0.25) is 4.79 Å². The molecule has 1 aromatic carbocycles. The second-order valence-electron chi connectivity index (χ2n) is 1.67. The van der Waals surface area contributed by atoms with Gasteiger partial charge in [-0.1, -0.05) is 13.8 Å². The summed E-state index contributed by atoms with van der Waals surface area (Å²) in [6.45, 7) is 4.00. The molecule has 0 bridgehead atoms. The largest absolute Gasteiger partial charge is 0.298 e. The van der Waals surface area contributed by atoms with Gasteiger partial charge in [0.05, 0.1) is 0 Å². The SMILES string of the molecule is CC.O=Cc1ccc(F)cc1. The Morgan fingerprint density at radius 3 is 2.00 bits per heavy atom. The van der Waals surface area contributed by atoms with Crippen LogP contribution in [0.1, 0.15) is 24.2 Å².